The Morgan fingerprint density at radius 3 is 3.05 bits per heavy atom. The standard InChI is InChI=1S/C14H14FN3O/c15-13-5-10-2-4-11-3-1-9(6-16)8-18(11)14(19)12(10)7-17-13/h5,7,9,11H,1-4,8H2/t9-,11+/m1/s1. The summed E-state index contributed by atoms with van der Waals surface area (Å²) in [5, 5.41) is 9.02. The van der Waals surface area contributed by atoms with Crippen LogP contribution >= 0.6 is 0 Å². The van der Waals surface area contributed by atoms with E-state index in [4.69, 9.17) is 5.26 Å². The van der Waals surface area contributed by atoms with Crippen LogP contribution in [0.5, 0.6) is 0 Å². The number of pyridine rings is 1. The van der Waals surface area contributed by atoms with E-state index < -0.39 is 5.95 Å². The van der Waals surface area contributed by atoms with Crippen molar-refractivity contribution in [3.63, 3.8) is 0 Å². The van der Waals surface area contributed by atoms with Gasteiger partial charge >= 0.3 is 0 Å². The van der Waals surface area contributed by atoms with Gasteiger partial charge in [0.1, 0.15) is 0 Å². The Kier molecular flexibility index (Phi) is 2.94. The second-order valence-electron chi connectivity index (χ2n) is 5.22. The molecule has 0 aliphatic carbocycles. The summed E-state index contributed by atoms with van der Waals surface area (Å²) < 4.78 is 13.2. The second-order valence-corrected chi connectivity index (χ2v) is 5.22. The van der Waals surface area contributed by atoms with Crippen LogP contribution < -0.4 is 0 Å². The van der Waals surface area contributed by atoms with E-state index in [1.807, 2.05) is 0 Å². The van der Waals surface area contributed by atoms with Gasteiger partial charge in [0.2, 0.25) is 5.95 Å². The van der Waals surface area contributed by atoms with Gasteiger partial charge in [-0.05, 0) is 37.3 Å². The fourth-order valence-corrected chi connectivity index (χ4v) is 3.03. The van der Waals surface area contributed by atoms with Crippen LogP contribution in [0.2, 0.25) is 0 Å². The minimum atomic E-state index is -0.540. The van der Waals surface area contributed by atoms with Crippen molar-refractivity contribution < 1.29 is 9.18 Å². The molecular formula is C14H14FN3O. The van der Waals surface area contributed by atoms with Crippen LogP contribution in [-0.2, 0) is 6.42 Å². The zero-order valence-corrected chi connectivity index (χ0v) is 10.5. The number of hydrogen-bond donors (Lipinski definition) is 0. The predicted octanol–water partition coefficient (Wildman–Crippen LogP) is 1.91. The highest BCUT2D eigenvalue weighted by molar-refractivity contribution is 5.96. The molecule has 19 heavy (non-hydrogen) atoms. The van der Waals surface area contributed by atoms with E-state index in [-0.39, 0.29) is 17.9 Å². The van der Waals surface area contributed by atoms with Gasteiger partial charge in [0.05, 0.1) is 17.6 Å². The summed E-state index contributed by atoms with van der Waals surface area (Å²) in [4.78, 5) is 17.9. The third kappa shape index (κ3) is 2.07. The first-order valence-corrected chi connectivity index (χ1v) is 6.54. The van der Waals surface area contributed by atoms with Crippen LogP contribution in [0.4, 0.5) is 4.39 Å². The Balaban J connectivity index is 1.96. The molecule has 0 radical (unpaired) electrons. The van der Waals surface area contributed by atoms with Crippen LogP contribution in [0.3, 0.4) is 0 Å². The monoisotopic (exact) mass is 259 g/mol. The lowest BCUT2D eigenvalue weighted by Crippen LogP contribution is -2.45. The van der Waals surface area contributed by atoms with Crippen molar-refractivity contribution in [2.24, 2.45) is 5.92 Å². The summed E-state index contributed by atoms with van der Waals surface area (Å²) in [5.41, 5.74) is 1.22. The van der Waals surface area contributed by atoms with Gasteiger partial charge in [0.15, 0.2) is 0 Å². The third-order valence-corrected chi connectivity index (χ3v) is 4.08. The van der Waals surface area contributed by atoms with Gasteiger partial charge in [-0.1, -0.05) is 0 Å². The van der Waals surface area contributed by atoms with E-state index in [0.717, 1.165) is 24.8 Å². The first-order chi connectivity index (χ1) is 9.19. The number of aromatic nitrogens is 1. The van der Waals surface area contributed by atoms with Gasteiger partial charge in [-0.2, -0.15) is 9.65 Å². The van der Waals surface area contributed by atoms with E-state index >= 15 is 0 Å². The number of halogens is 1. The number of nitriles is 1. The topological polar surface area (TPSA) is 57.0 Å². The Morgan fingerprint density at radius 2 is 2.26 bits per heavy atom. The van der Waals surface area contributed by atoms with Gasteiger partial charge in [0.25, 0.3) is 5.91 Å². The lowest BCUT2D eigenvalue weighted by atomic mass is 9.92. The molecule has 1 aromatic heterocycles. The Morgan fingerprint density at radius 1 is 1.42 bits per heavy atom. The molecule has 98 valence electrons. The van der Waals surface area contributed by atoms with Gasteiger partial charge in [-0.3, -0.25) is 4.79 Å². The van der Waals surface area contributed by atoms with Gasteiger partial charge in [-0.25, -0.2) is 4.98 Å². The fraction of sp³-hybridized carbons (Fsp3) is 0.500. The van der Waals surface area contributed by atoms with E-state index in [0.29, 0.717) is 18.5 Å². The maximum Gasteiger partial charge on any atom is 0.255 e. The lowest BCUT2D eigenvalue weighted by molar-refractivity contribution is 0.0574. The van der Waals surface area contributed by atoms with Gasteiger partial charge < -0.3 is 4.90 Å². The lowest BCUT2D eigenvalue weighted by Gasteiger charge is -2.36. The van der Waals surface area contributed by atoms with Gasteiger partial charge in [-0.15, -0.1) is 0 Å². The minimum Gasteiger partial charge on any atom is -0.334 e. The summed E-state index contributed by atoms with van der Waals surface area (Å²) in [6.45, 7) is 0.483. The maximum atomic E-state index is 13.2. The number of aryl methyl sites for hydroxylation is 1. The molecule has 2 aliphatic heterocycles. The molecular weight excluding hydrogens is 245 g/mol. The molecule has 0 N–H and O–H groups in total. The molecule has 2 aliphatic rings. The van der Waals surface area contributed by atoms with E-state index in [1.54, 1.807) is 4.90 Å². The molecule has 1 fully saturated rings. The summed E-state index contributed by atoms with van der Waals surface area (Å²) >= 11 is 0. The van der Waals surface area contributed by atoms with Crippen molar-refractivity contribution in [2.45, 2.75) is 31.7 Å². The third-order valence-electron chi connectivity index (χ3n) is 4.08. The predicted molar refractivity (Wildman–Crippen MR) is 65.7 cm³/mol. The molecule has 1 amide bonds. The number of amides is 1. The molecule has 2 atom stereocenters. The van der Waals surface area contributed by atoms with E-state index in [2.05, 4.69) is 11.1 Å². The summed E-state index contributed by atoms with van der Waals surface area (Å²) in [6, 6.07) is 3.77. The molecule has 0 aromatic carbocycles. The molecule has 1 aromatic rings. The van der Waals surface area contributed by atoms with Crippen molar-refractivity contribution >= 4 is 5.91 Å². The number of rotatable bonds is 0. The highest BCUT2D eigenvalue weighted by atomic mass is 19.1. The molecule has 3 rings (SSSR count). The summed E-state index contributed by atoms with van der Waals surface area (Å²) in [6.07, 6.45) is 4.55. The first-order valence-electron chi connectivity index (χ1n) is 6.54. The fourth-order valence-electron chi connectivity index (χ4n) is 3.03. The Hall–Kier alpha value is -1.96. The van der Waals surface area contributed by atoms with Crippen molar-refractivity contribution in [3.05, 3.63) is 29.3 Å². The first kappa shape index (κ1) is 12.1. The van der Waals surface area contributed by atoms with Crippen molar-refractivity contribution in [1.29, 1.82) is 5.26 Å². The summed E-state index contributed by atoms with van der Waals surface area (Å²) in [5.74, 6) is -0.735. The maximum absolute atomic E-state index is 13.2. The van der Waals surface area contributed by atoms with Gasteiger partial charge in [0, 0.05) is 18.8 Å². The largest absolute Gasteiger partial charge is 0.334 e. The number of carbonyl (C=O) groups is 1. The van der Waals surface area contributed by atoms with Crippen LogP contribution in [0, 0.1) is 23.2 Å². The van der Waals surface area contributed by atoms with E-state index in [1.165, 1.54) is 12.3 Å². The summed E-state index contributed by atoms with van der Waals surface area (Å²) in [7, 11) is 0. The zero-order valence-electron chi connectivity index (χ0n) is 10.5. The van der Waals surface area contributed by atoms with Crippen molar-refractivity contribution in [2.75, 3.05) is 6.54 Å². The molecule has 0 saturated carbocycles. The molecule has 0 bridgehead atoms. The average molecular weight is 259 g/mol. The number of carbonyl (C=O) groups excluding carboxylic acids is 1. The smallest absolute Gasteiger partial charge is 0.255 e. The molecule has 0 unspecified atom stereocenters. The number of fused-ring (bicyclic) bond motifs is 2. The van der Waals surface area contributed by atoms with E-state index in [9.17, 15) is 9.18 Å². The Labute approximate surface area is 110 Å². The average Bonchev–Trinajstić information content (AvgIpc) is 2.56. The van der Waals surface area contributed by atoms with Crippen LogP contribution in [0.1, 0.15) is 35.2 Å². The molecule has 3 heterocycles. The molecule has 1 saturated heterocycles. The molecule has 5 heteroatoms. The SMILES string of the molecule is N#C[C@H]1CC[C@H]2CCc3cc(F)ncc3C(=O)N2C1. The number of piperidine rings is 1. The second kappa shape index (κ2) is 4.61. The highest BCUT2D eigenvalue weighted by Gasteiger charge is 2.35. The minimum absolute atomic E-state index is 0.0878. The molecule has 0 spiro atoms. The van der Waals surface area contributed by atoms with Crippen molar-refractivity contribution in [1.82, 2.24) is 9.88 Å². The number of hydrogen-bond acceptors (Lipinski definition) is 3. The van der Waals surface area contributed by atoms with Crippen LogP contribution in [0.25, 0.3) is 0 Å². The van der Waals surface area contributed by atoms with Crippen LogP contribution in [-0.4, -0.2) is 28.4 Å². The normalized spacial score (nSPS) is 26.1. The highest BCUT2D eigenvalue weighted by Crippen LogP contribution is 2.30. The Bertz CT molecular complexity index is 566. The van der Waals surface area contributed by atoms with Crippen LogP contribution in [0.15, 0.2) is 12.3 Å². The number of nitrogens with zero attached hydrogens (tertiary/aromatic N) is 3. The quantitative estimate of drug-likeness (QED) is 0.669. The molecule has 4 nitrogen and oxygen atoms in total. The zero-order chi connectivity index (χ0) is 13.4. The van der Waals surface area contributed by atoms with Crippen molar-refractivity contribution in [3.8, 4) is 6.07 Å².